The van der Waals surface area contributed by atoms with Gasteiger partial charge in [0, 0.05) is 9.64 Å². The van der Waals surface area contributed by atoms with Gasteiger partial charge in [0.25, 0.3) is 0 Å². The number of nitrogen functional groups attached to an aromatic ring is 1. The second-order valence-corrected chi connectivity index (χ2v) is 5.31. The summed E-state index contributed by atoms with van der Waals surface area (Å²) in [5.74, 6) is 6.69. The molecule has 4 N–H and O–H groups in total. The minimum absolute atomic E-state index is 0.586. The molecule has 0 aliphatic rings. The number of nitrogens with zero attached hydrogens (tertiary/aromatic N) is 2. The van der Waals surface area contributed by atoms with Crippen LogP contribution in [-0.2, 0) is 0 Å². The number of hydrogen-bond acceptors (Lipinski definition) is 6. The maximum Gasteiger partial charge on any atom is 0.191 e. The Morgan fingerprint density at radius 3 is 2.61 bits per heavy atom. The SMILES string of the molecule is CSc1nc(NN)cc(Nc2ccccc2I)n1. The van der Waals surface area contributed by atoms with Gasteiger partial charge in [-0.3, -0.25) is 0 Å². The molecule has 0 aliphatic heterocycles. The van der Waals surface area contributed by atoms with Gasteiger partial charge in [0.05, 0.1) is 5.69 Å². The number of para-hydroxylation sites is 1. The summed E-state index contributed by atoms with van der Waals surface area (Å²) < 4.78 is 1.13. The molecule has 2 rings (SSSR count). The molecule has 1 heterocycles. The van der Waals surface area contributed by atoms with Crippen LogP contribution in [0.15, 0.2) is 35.5 Å². The number of thioether (sulfide) groups is 1. The molecule has 2 aromatic rings. The van der Waals surface area contributed by atoms with Gasteiger partial charge in [-0.2, -0.15) is 0 Å². The second kappa shape index (κ2) is 6.21. The van der Waals surface area contributed by atoms with Gasteiger partial charge in [-0.15, -0.1) is 0 Å². The summed E-state index contributed by atoms with van der Waals surface area (Å²) in [5.41, 5.74) is 3.54. The van der Waals surface area contributed by atoms with E-state index in [2.05, 4.69) is 43.3 Å². The van der Waals surface area contributed by atoms with Crippen molar-refractivity contribution in [2.75, 3.05) is 17.0 Å². The van der Waals surface area contributed by atoms with Gasteiger partial charge < -0.3 is 10.7 Å². The van der Waals surface area contributed by atoms with Gasteiger partial charge in [0.1, 0.15) is 11.6 Å². The van der Waals surface area contributed by atoms with Gasteiger partial charge in [-0.1, -0.05) is 23.9 Å². The Kier molecular flexibility index (Phi) is 4.61. The number of anilines is 3. The monoisotopic (exact) mass is 373 g/mol. The van der Waals surface area contributed by atoms with E-state index in [9.17, 15) is 0 Å². The average Bonchev–Trinajstić information content (AvgIpc) is 2.41. The number of halogens is 1. The fourth-order valence-electron chi connectivity index (χ4n) is 1.35. The van der Waals surface area contributed by atoms with Crippen LogP contribution in [-0.4, -0.2) is 16.2 Å². The molecule has 0 atom stereocenters. The van der Waals surface area contributed by atoms with Crippen LogP contribution in [0.3, 0.4) is 0 Å². The average molecular weight is 373 g/mol. The Morgan fingerprint density at radius 2 is 1.94 bits per heavy atom. The molecule has 0 aliphatic carbocycles. The maximum atomic E-state index is 5.39. The van der Waals surface area contributed by atoms with Gasteiger partial charge in [-0.25, -0.2) is 15.8 Å². The third-order valence-electron chi connectivity index (χ3n) is 2.17. The largest absolute Gasteiger partial charge is 0.339 e. The Bertz CT molecular complexity index is 526. The lowest BCUT2D eigenvalue weighted by Crippen LogP contribution is -2.10. The molecule has 1 aromatic carbocycles. The first kappa shape index (κ1) is 13.4. The zero-order chi connectivity index (χ0) is 13.0. The number of nitrogens with one attached hydrogen (secondary N) is 2. The molecule has 0 unspecified atom stereocenters. The van der Waals surface area contributed by atoms with Gasteiger partial charge in [0.15, 0.2) is 5.16 Å². The van der Waals surface area contributed by atoms with E-state index >= 15 is 0 Å². The van der Waals surface area contributed by atoms with E-state index in [0.29, 0.717) is 16.8 Å². The van der Waals surface area contributed by atoms with Crippen LogP contribution in [0.5, 0.6) is 0 Å². The van der Waals surface area contributed by atoms with E-state index in [1.165, 1.54) is 11.8 Å². The molecular formula is C11H12IN5S. The van der Waals surface area contributed by atoms with E-state index in [1.807, 2.05) is 30.5 Å². The molecule has 0 bridgehead atoms. The van der Waals surface area contributed by atoms with Crippen molar-refractivity contribution in [3.8, 4) is 0 Å². The van der Waals surface area contributed by atoms with Crippen molar-refractivity contribution in [1.82, 2.24) is 9.97 Å². The molecular weight excluding hydrogens is 361 g/mol. The molecule has 0 amide bonds. The molecule has 0 fully saturated rings. The van der Waals surface area contributed by atoms with Gasteiger partial charge >= 0.3 is 0 Å². The lowest BCUT2D eigenvalue weighted by Gasteiger charge is -2.10. The fraction of sp³-hybridized carbons (Fsp3) is 0.0909. The molecule has 7 heteroatoms. The van der Waals surface area contributed by atoms with Crippen LogP contribution in [0, 0.1) is 3.57 Å². The number of nitrogens with two attached hydrogens (primary N) is 1. The van der Waals surface area contributed by atoms with Gasteiger partial charge in [0.2, 0.25) is 0 Å². The highest BCUT2D eigenvalue weighted by atomic mass is 127. The quantitative estimate of drug-likeness (QED) is 0.252. The molecule has 0 spiro atoms. The van der Waals surface area contributed by atoms with Crippen molar-refractivity contribution < 1.29 is 0 Å². The molecule has 0 saturated heterocycles. The minimum atomic E-state index is 0.586. The van der Waals surface area contributed by atoms with Gasteiger partial charge in [-0.05, 0) is 41.0 Å². The van der Waals surface area contributed by atoms with Crippen LogP contribution in [0.4, 0.5) is 17.3 Å². The summed E-state index contributed by atoms with van der Waals surface area (Å²) >= 11 is 3.74. The Hall–Kier alpha value is -1.06. The lowest BCUT2D eigenvalue weighted by molar-refractivity contribution is 0.971. The van der Waals surface area contributed by atoms with Crippen LogP contribution in [0.1, 0.15) is 0 Å². The fourth-order valence-corrected chi connectivity index (χ4v) is 2.26. The van der Waals surface area contributed by atoms with E-state index in [1.54, 1.807) is 6.07 Å². The summed E-state index contributed by atoms with van der Waals surface area (Å²) in [5, 5.41) is 3.92. The van der Waals surface area contributed by atoms with Crippen molar-refractivity contribution >= 4 is 51.7 Å². The first-order chi connectivity index (χ1) is 8.72. The van der Waals surface area contributed by atoms with Crippen molar-refractivity contribution in [3.05, 3.63) is 33.9 Å². The summed E-state index contributed by atoms with van der Waals surface area (Å²) in [6.07, 6.45) is 1.92. The number of benzene rings is 1. The zero-order valence-electron chi connectivity index (χ0n) is 9.64. The zero-order valence-corrected chi connectivity index (χ0v) is 12.6. The van der Waals surface area contributed by atoms with Crippen LogP contribution in [0.25, 0.3) is 0 Å². The number of aromatic nitrogens is 2. The van der Waals surface area contributed by atoms with Crippen molar-refractivity contribution in [2.45, 2.75) is 5.16 Å². The Morgan fingerprint density at radius 1 is 1.22 bits per heavy atom. The van der Waals surface area contributed by atoms with Crippen molar-refractivity contribution in [2.24, 2.45) is 5.84 Å². The number of rotatable bonds is 4. The van der Waals surface area contributed by atoms with Crippen LogP contribution < -0.4 is 16.6 Å². The minimum Gasteiger partial charge on any atom is -0.339 e. The topological polar surface area (TPSA) is 75.9 Å². The summed E-state index contributed by atoms with van der Waals surface area (Å²) in [6, 6.07) is 9.76. The van der Waals surface area contributed by atoms with E-state index in [0.717, 1.165) is 9.26 Å². The predicted molar refractivity (Wildman–Crippen MR) is 84.1 cm³/mol. The molecule has 1 aromatic heterocycles. The summed E-state index contributed by atoms with van der Waals surface area (Å²) in [7, 11) is 0. The number of hydrazine groups is 1. The standard InChI is InChI=1S/C11H12IN5S/c1-18-11-15-9(6-10(16-11)17-13)14-8-5-3-2-4-7(8)12/h2-6H,13H2,1H3,(H2,14,15,16,17). The number of hydrogen-bond donors (Lipinski definition) is 3. The smallest absolute Gasteiger partial charge is 0.191 e. The Labute approximate surface area is 123 Å². The van der Waals surface area contributed by atoms with E-state index in [-0.39, 0.29) is 0 Å². The first-order valence-electron chi connectivity index (χ1n) is 5.14. The maximum absolute atomic E-state index is 5.39. The highest BCUT2D eigenvalue weighted by Gasteiger charge is 2.05. The normalized spacial score (nSPS) is 10.2. The second-order valence-electron chi connectivity index (χ2n) is 3.37. The van der Waals surface area contributed by atoms with E-state index < -0.39 is 0 Å². The highest BCUT2D eigenvalue weighted by molar-refractivity contribution is 14.1. The molecule has 5 nitrogen and oxygen atoms in total. The van der Waals surface area contributed by atoms with Crippen LogP contribution in [0.2, 0.25) is 0 Å². The summed E-state index contributed by atoms with van der Waals surface area (Å²) in [4.78, 5) is 8.59. The highest BCUT2D eigenvalue weighted by Crippen LogP contribution is 2.23. The third kappa shape index (κ3) is 3.24. The summed E-state index contributed by atoms with van der Waals surface area (Å²) in [6.45, 7) is 0. The Balaban J connectivity index is 2.31. The molecule has 0 radical (unpaired) electrons. The lowest BCUT2D eigenvalue weighted by atomic mass is 10.3. The van der Waals surface area contributed by atoms with Crippen molar-refractivity contribution in [3.63, 3.8) is 0 Å². The molecule has 94 valence electrons. The third-order valence-corrected chi connectivity index (χ3v) is 3.66. The predicted octanol–water partition coefficient (Wildman–Crippen LogP) is 2.83. The molecule has 0 saturated carbocycles. The first-order valence-corrected chi connectivity index (χ1v) is 7.44. The van der Waals surface area contributed by atoms with Crippen LogP contribution >= 0.6 is 34.4 Å². The molecule has 18 heavy (non-hydrogen) atoms. The van der Waals surface area contributed by atoms with Crippen molar-refractivity contribution in [1.29, 1.82) is 0 Å². The van der Waals surface area contributed by atoms with E-state index in [4.69, 9.17) is 5.84 Å².